The number of piperidine rings is 1. The van der Waals surface area contributed by atoms with Crippen molar-refractivity contribution in [3.8, 4) is 5.82 Å². The molecule has 10 heteroatoms. The van der Waals surface area contributed by atoms with Crippen molar-refractivity contribution < 1.29 is 14.3 Å². The first-order chi connectivity index (χ1) is 13.7. The molecule has 0 aromatic carbocycles. The van der Waals surface area contributed by atoms with Gasteiger partial charge in [-0.25, -0.2) is 19.6 Å². The molecule has 1 fully saturated rings. The summed E-state index contributed by atoms with van der Waals surface area (Å²) in [6.07, 6.45) is 5.72. The molecule has 0 bridgehead atoms. The minimum Gasteiger partial charge on any atom is -0.356 e. The number of hydrogen-bond donors (Lipinski definition) is 1. The largest absolute Gasteiger partial charge is 0.356 e. The third kappa shape index (κ3) is 5.23. The van der Waals surface area contributed by atoms with Crippen molar-refractivity contribution in [2.24, 2.45) is 5.92 Å². The van der Waals surface area contributed by atoms with Crippen LogP contribution in [0.2, 0.25) is 0 Å². The Labute approximate surface area is 164 Å². The van der Waals surface area contributed by atoms with Crippen LogP contribution >= 0.6 is 0 Å². The number of carbonyl (C=O) groups is 1. The number of amides is 1. The Kier molecular flexibility index (Phi) is 7.26. The van der Waals surface area contributed by atoms with Gasteiger partial charge in [0.15, 0.2) is 12.1 Å². The number of rotatable bonds is 9. The van der Waals surface area contributed by atoms with Crippen molar-refractivity contribution in [1.29, 1.82) is 0 Å². The third-order valence-electron chi connectivity index (χ3n) is 4.63. The van der Waals surface area contributed by atoms with E-state index in [1.807, 2.05) is 19.9 Å². The van der Waals surface area contributed by atoms with Crippen LogP contribution in [0.25, 0.3) is 5.82 Å². The fourth-order valence-corrected chi connectivity index (χ4v) is 3.20. The summed E-state index contributed by atoms with van der Waals surface area (Å²) in [5, 5.41) is 7.05. The zero-order chi connectivity index (χ0) is 19.8. The molecule has 1 saturated heterocycles. The van der Waals surface area contributed by atoms with E-state index in [1.54, 1.807) is 11.0 Å². The lowest BCUT2D eigenvalue weighted by Crippen LogP contribution is -2.43. The molecule has 0 spiro atoms. The van der Waals surface area contributed by atoms with E-state index in [1.165, 1.54) is 12.7 Å². The maximum Gasteiger partial charge on any atom is 0.223 e. The standard InChI is InChI=1S/C18H27N7O3/c1-3-27-17(28-4-2)10-20-18(26)14-5-7-24(8-6-14)15-9-16(22-12-21-15)25-13-19-11-23-25/h9,11-14,17H,3-8,10H2,1-2H3,(H,20,26). The molecule has 2 aromatic heterocycles. The van der Waals surface area contributed by atoms with Crippen molar-refractivity contribution in [2.45, 2.75) is 33.0 Å². The number of nitrogens with one attached hydrogen (secondary N) is 1. The van der Waals surface area contributed by atoms with Gasteiger partial charge in [0.25, 0.3) is 0 Å². The van der Waals surface area contributed by atoms with E-state index >= 15 is 0 Å². The van der Waals surface area contributed by atoms with Gasteiger partial charge >= 0.3 is 0 Å². The molecule has 1 N–H and O–H groups in total. The molecule has 3 rings (SSSR count). The summed E-state index contributed by atoms with van der Waals surface area (Å²) in [7, 11) is 0. The molecule has 0 unspecified atom stereocenters. The van der Waals surface area contributed by atoms with Gasteiger partial charge in [-0.05, 0) is 26.7 Å². The van der Waals surface area contributed by atoms with Crippen LogP contribution in [-0.4, -0.2) is 69.8 Å². The number of ether oxygens (including phenoxy) is 2. The van der Waals surface area contributed by atoms with Crippen molar-refractivity contribution >= 4 is 11.7 Å². The molecule has 152 valence electrons. The lowest BCUT2D eigenvalue weighted by atomic mass is 9.96. The second-order valence-electron chi connectivity index (χ2n) is 6.42. The van der Waals surface area contributed by atoms with Crippen molar-refractivity contribution in [3.63, 3.8) is 0 Å². The summed E-state index contributed by atoms with van der Waals surface area (Å²) in [6, 6.07) is 1.88. The molecule has 1 aliphatic heterocycles. The molecule has 0 saturated carbocycles. The van der Waals surface area contributed by atoms with Gasteiger partial charge in [-0.3, -0.25) is 4.79 Å². The normalized spacial score (nSPS) is 15.2. The van der Waals surface area contributed by atoms with Gasteiger partial charge in [0.1, 0.15) is 24.8 Å². The lowest BCUT2D eigenvalue weighted by Gasteiger charge is -2.32. The molecule has 0 radical (unpaired) electrons. The van der Waals surface area contributed by atoms with E-state index in [9.17, 15) is 4.79 Å². The SMILES string of the molecule is CCOC(CNC(=O)C1CCN(c2cc(-n3cncn3)ncn2)CC1)OCC. The van der Waals surface area contributed by atoms with Crippen LogP contribution in [0.3, 0.4) is 0 Å². The average Bonchev–Trinajstić information content (AvgIpc) is 3.27. The number of hydrogen-bond acceptors (Lipinski definition) is 8. The van der Waals surface area contributed by atoms with Crippen LogP contribution in [0.5, 0.6) is 0 Å². The first kappa shape index (κ1) is 20.2. The molecule has 0 atom stereocenters. The minimum atomic E-state index is -0.393. The van der Waals surface area contributed by atoms with Crippen molar-refractivity contribution in [2.75, 3.05) is 37.7 Å². The van der Waals surface area contributed by atoms with E-state index in [4.69, 9.17) is 9.47 Å². The Morgan fingerprint density at radius 2 is 1.89 bits per heavy atom. The lowest BCUT2D eigenvalue weighted by molar-refractivity contribution is -0.142. The van der Waals surface area contributed by atoms with Crippen LogP contribution in [-0.2, 0) is 14.3 Å². The average molecular weight is 389 g/mol. The van der Waals surface area contributed by atoms with Gasteiger partial charge in [0.2, 0.25) is 5.91 Å². The molecule has 0 aliphatic carbocycles. The van der Waals surface area contributed by atoms with Crippen LogP contribution in [0, 0.1) is 5.92 Å². The van der Waals surface area contributed by atoms with Gasteiger partial charge in [0.05, 0.1) is 6.54 Å². The van der Waals surface area contributed by atoms with Gasteiger partial charge in [-0.15, -0.1) is 0 Å². The van der Waals surface area contributed by atoms with Crippen LogP contribution in [0.4, 0.5) is 5.82 Å². The molecule has 1 amide bonds. The molecular formula is C18H27N7O3. The highest BCUT2D eigenvalue weighted by molar-refractivity contribution is 5.79. The smallest absolute Gasteiger partial charge is 0.223 e. The van der Waals surface area contributed by atoms with Gasteiger partial charge in [-0.2, -0.15) is 5.10 Å². The zero-order valence-electron chi connectivity index (χ0n) is 16.3. The topological polar surface area (TPSA) is 107 Å². The van der Waals surface area contributed by atoms with Gasteiger partial charge in [0, 0.05) is 38.3 Å². The van der Waals surface area contributed by atoms with Crippen molar-refractivity contribution in [1.82, 2.24) is 30.0 Å². The maximum absolute atomic E-state index is 12.5. The summed E-state index contributed by atoms with van der Waals surface area (Å²) in [6.45, 7) is 6.80. The summed E-state index contributed by atoms with van der Waals surface area (Å²) in [5.41, 5.74) is 0. The predicted molar refractivity (Wildman–Crippen MR) is 102 cm³/mol. The maximum atomic E-state index is 12.5. The van der Waals surface area contributed by atoms with Gasteiger partial charge < -0.3 is 19.7 Å². The highest BCUT2D eigenvalue weighted by atomic mass is 16.7. The van der Waals surface area contributed by atoms with E-state index in [-0.39, 0.29) is 11.8 Å². The zero-order valence-corrected chi connectivity index (χ0v) is 16.3. The summed E-state index contributed by atoms with van der Waals surface area (Å²) >= 11 is 0. The predicted octanol–water partition coefficient (Wildman–Crippen LogP) is 0.789. The first-order valence-corrected chi connectivity index (χ1v) is 9.64. The molecular weight excluding hydrogens is 362 g/mol. The number of anilines is 1. The van der Waals surface area contributed by atoms with E-state index in [0.29, 0.717) is 25.6 Å². The number of nitrogens with zero attached hydrogens (tertiary/aromatic N) is 6. The Bertz CT molecular complexity index is 727. The second kappa shape index (κ2) is 10.1. The fraction of sp³-hybridized carbons (Fsp3) is 0.611. The molecule has 1 aliphatic rings. The van der Waals surface area contributed by atoms with Crippen molar-refractivity contribution in [3.05, 3.63) is 25.0 Å². The molecule has 3 heterocycles. The third-order valence-corrected chi connectivity index (χ3v) is 4.63. The highest BCUT2D eigenvalue weighted by Crippen LogP contribution is 2.22. The van der Waals surface area contributed by atoms with E-state index < -0.39 is 6.29 Å². The Hall–Kier alpha value is -2.59. The second-order valence-corrected chi connectivity index (χ2v) is 6.42. The highest BCUT2D eigenvalue weighted by Gasteiger charge is 2.26. The number of carbonyl (C=O) groups excluding carboxylic acids is 1. The number of aromatic nitrogens is 5. The van der Waals surface area contributed by atoms with Crippen LogP contribution in [0.15, 0.2) is 25.0 Å². The summed E-state index contributed by atoms with van der Waals surface area (Å²) in [5.74, 6) is 1.53. The molecule has 10 nitrogen and oxygen atoms in total. The summed E-state index contributed by atoms with van der Waals surface area (Å²) < 4.78 is 12.5. The minimum absolute atomic E-state index is 0.0169. The quantitative estimate of drug-likeness (QED) is 0.627. The first-order valence-electron chi connectivity index (χ1n) is 9.64. The monoisotopic (exact) mass is 389 g/mol. The Balaban J connectivity index is 1.50. The van der Waals surface area contributed by atoms with E-state index in [0.717, 1.165) is 31.7 Å². The van der Waals surface area contributed by atoms with E-state index in [2.05, 4.69) is 30.3 Å². The summed E-state index contributed by atoms with van der Waals surface area (Å²) in [4.78, 5) is 27.2. The van der Waals surface area contributed by atoms with Gasteiger partial charge in [-0.1, -0.05) is 0 Å². The van der Waals surface area contributed by atoms with Crippen LogP contribution < -0.4 is 10.2 Å². The Morgan fingerprint density at radius 3 is 2.54 bits per heavy atom. The Morgan fingerprint density at radius 1 is 1.18 bits per heavy atom. The molecule has 28 heavy (non-hydrogen) atoms. The fourth-order valence-electron chi connectivity index (χ4n) is 3.20. The van der Waals surface area contributed by atoms with Crippen LogP contribution in [0.1, 0.15) is 26.7 Å². The molecule has 2 aromatic rings.